The van der Waals surface area contributed by atoms with Gasteiger partial charge >= 0.3 is 0 Å². The molecule has 0 aliphatic carbocycles. The first-order chi connectivity index (χ1) is 5.81. The lowest BCUT2D eigenvalue weighted by atomic mass is 10.1. The Labute approximate surface area is 70.8 Å². The second-order valence-corrected chi connectivity index (χ2v) is 2.30. The Morgan fingerprint density at radius 3 is 2.83 bits per heavy atom. The summed E-state index contributed by atoms with van der Waals surface area (Å²) >= 11 is 0. The van der Waals surface area contributed by atoms with E-state index in [4.69, 9.17) is 15.1 Å². The molecule has 0 amide bonds. The van der Waals surface area contributed by atoms with E-state index < -0.39 is 0 Å². The molecule has 0 radical (unpaired) electrons. The molecule has 1 aromatic rings. The SMILES string of the molecule is COc1ccc(CO)cc1C#N. The topological polar surface area (TPSA) is 53.2 Å². The summed E-state index contributed by atoms with van der Waals surface area (Å²) in [4.78, 5) is 0. The first-order valence-electron chi connectivity index (χ1n) is 3.49. The zero-order chi connectivity index (χ0) is 8.97. The summed E-state index contributed by atoms with van der Waals surface area (Å²) in [6, 6.07) is 6.99. The lowest BCUT2D eigenvalue weighted by Gasteiger charge is -2.02. The molecule has 0 unspecified atom stereocenters. The van der Waals surface area contributed by atoms with E-state index in [2.05, 4.69) is 0 Å². The lowest BCUT2D eigenvalue weighted by molar-refractivity contribution is 0.281. The van der Waals surface area contributed by atoms with E-state index in [0.29, 0.717) is 16.9 Å². The highest BCUT2D eigenvalue weighted by Gasteiger charge is 2.01. The first-order valence-corrected chi connectivity index (χ1v) is 3.49. The van der Waals surface area contributed by atoms with E-state index in [1.54, 1.807) is 18.2 Å². The highest BCUT2D eigenvalue weighted by atomic mass is 16.5. The van der Waals surface area contributed by atoms with Crippen molar-refractivity contribution in [1.82, 2.24) is 0 Å². The van der Waals surface area contributed by atoms with Gasteiger partial charge in [0, 0.05) is 0 Å². The molecule has 12 heavy (non-hydrogen) atoms. The molecule has 0 aliphatic heterocycles. The molecule has 1 rings (SSSR count). The average molecular weight is 163 g/mol. The van der Waals surface area contributed by atoms with E-state index >= 15 is 0 Å². The van der Waals surface area contributed by atoms with E-state index in [0.717, 1.165) is 0 Å². The quantitative estimate of drug-likeness (QED) is 0.709. The van der Waals surface area contributed by atoms with Gasteiger partial charge in [-0.2, -0.15) is 5.26 Å². The summed E-state index contributed by atoms with van der Waals surface area (Å²) in [5.41, 5.74) is 1.16. The van der Waals surface area contributed by atoms with Gasteiger partial charge in [-0.15, -0.1) is 0 Å². The van der Waals surface area contributed by atoms with Crippen LogP contribution < -0.4 is 4.74 Å². The Balaban J connectivity index is 3.13. The van der Waals surface area contributed by atoms with Crippen LogP contribution in [0.4, 0.5) is 0 Å². The maximum Gasteiger partial charge on any atom is 0.136 e. The monoisotopic (exact) mass is 163 g/mol. The van der Waals surface area contributed by atoms with E-state index in [1.807, 2.05) is 6.07 Å². The molecule has 0 fully saturated rings. The van der Waals surface area contributed by atoms with E-state index in [9.17, 15) is 0 Å². The number of rotatable bonds is 2. The summed E-state index contributed by atoms with van der Waals surface area (Å²) in [6.07, 6.45) is 0. The van der Waals surface area contributed by atoms with Crippen LogP contribution in [0.25, 0.3) is 0 Å². The molecule has 3 nitrogen and oxygen atoms in total. The van der Waals surface area contributed by atoms with Crippen LogP contribution in [0.15, 0.2) is 18.2 Å². The third-order valence-corrected chi connectivity index (χ3v) is 1.57. The Hall–Kier alpha value is -1.53. The van der Waals surface area contributed by atoms with Gasteiger partial charge in [0.1, 0.15) is 11.8 Å². The van der Waals surface area contributed by atoms with Crippen LogP contribution in [0.1, 0.15) is 11.1 Å². The Morgan fingerprint density at radius 1 is 1.58 bits per heavy atom. The number of methoxy groups -OCH3 is 1. The van der Waals surface area contributed by atoms with Crippen molar-refractivity contribution < 1.29 is 9.84 Å². The molecular weight excluding hydrogens is 154 g/mol. The van der Waals surface area contributed by atoms with Crippen molar-refractivity contribution in [3.63, 3.8) is 0 Å². The van der Waals surface area contributed by atoms with Crippen LogP contribution in [-0.4, -0.2) is 12.2 Å². The van der Waals surface area contributed by atoms with Gasteiger partial charge in [-0.25, -0.2) is 0 Å². The normalized spacial score (nSPS) is 9.08. The molecule has 0 aliphatic rings. The summed E-state index contributed by atoms with van der Waals surface area (Å²) in [6.45, 7) is -0.0569. The minimum atomic E-state index is -0.0569. The third kappa shape index (κ3) is 1.55. The largest absolute Gasteiger partial charge is 0.495 e. The van der Waals surface area contributed by atoms with Crippen LogP contribution in [0.3, 0.4) is 0 Å². The molecule has 0 saturated carbocycles. The molecule has 0 atom stereocenters. The van der Waals surface area contributed by atoms with Crippen LogP contribution in [0.2, 0.25) is 0 Å². The Kier molecular flexibility index (Phi) is 2.67. The number of hydrogen-bond acceptors (Lipinski definition) is 3. The molecule has 0 saturated heterocycles. The van der Waals surface area contributed by atoms with Gasteiger partial charge in [0.15, 0.2) is 0 Å². The minimum Gasteiger partial charge on any atom is -0.495 e. The minimum absolute atomic E-state index is 0.0569. The maximum atomic E-state index is 8.77. The molecule has 62 valence electrons. The van der Waals surface area contributed by atoms with Gasteiger partial charge in [-0.3, -0.25) is 0 Å². The number of aliphatic hydroxyl groups excluding tert-OH is 1. The van der Waals surface area contributed by atoms with Gasteiger partial charge in [-0.1, -0.05) is 6.07 Å². The summed E-state index contributed by atoms with van der Waals surface area (Å²) in [7, 11) is 1.51. The number of benzene rings is 1. The molecule has 1 N–H and O–H groups in total. The molecular formula is C9H9NO2. The zero-order valence-corrected chi connectivity index (χ0v) is 6.74. The molecule has 0 spiro atoms. The summed E-state index contributed by atoms with van der Waals surface area (Å²) < 4.78 is 4.93. The van der Waals surface area contributed by atoms with Crippen LogP contribution in [0.5, 0.6) is 5.75 Å². The van der Waals surface area contributed by atoms with Gasteiger partial charge in [0.2, 0.25) is 0 Å². The van der Waals surface area contributed by atoms with Gasteiger partial charge in [-0.05, 0) is 17.7 Å². The smallest absolute Gasteiger partial charge is 0.136 e. The van der Waals surface area contributed by atoms with Crippen molar-refractivity contribution >= 4 is 0 Å². The van der Waals surface area contributed by atoms with E-state index in [1.165, 1.54) is 7.11 Å². The zero-order valence-electron chi connectivity index (χ0n) is 6.74. The second kappa shape index (κ2) is 3.74. The molecule has 3 heteroatoms. The first kappa shape index (κ1) is 8.57. The van der Waals surface area contributed by atoms with Crippen molar-refractivity contribution in [2.75, 3.05) is 7.11 Å². The highest BCUT2D eigenvalue weighted by Crippen LogP contribution is 2.18. The second-order valence-electron chi connectivity index (χ2n) is 2.30. The number of nitriles is 1. The Morgan fingerprint density at radius 2 is 2.33 bits per heavy atom. The van der Waals surface area contributed by atoms with Crippen LogP contribution in [0, 0.1) is 11.3 Å². The van der Waals surface area contributed by atoms with E-state index in [-0.39, 0.29) is 6.61 Å². The molecule has 1 aromatic carbocycles. The number of hydrogen-bond donors (Lipinski definition) is 1. The van der Waals surface area contributed by atoms with Crippen LogP contribution >= 0.6 is 0 Å². The lowest BCUT2D eigenvalue weighted by Crippen LogP contribution is -1.90. The standard InChI is InChI=1S/C9H9NO2/c1-12-9-3-2-7(6-11)4-8(9)5-10/h2-4,11H,6H2,1H3. The molecule has 0 bridgehead atoms. The van der Waals surface area contributed by atoms with Gasteiger partial charge in [0.25, 0.3) is 0 Å². The Bertz CT molecular complexity index is 315. The van der Waals surface area contributed by atoms with Crippen molar-refractivity contribution in [1.29, 1.82) is 5.26 Å². The highest BCUT2D eigenvalue weighted by molar-refractivity contribution is 5.45. The van der Waals surface area contributed by atoms with Gasteiger partial charge < -0.3 is 9.84 Å². The number of ether oxygens (including phenoxy) is 1. The fraction of sp³-hybridized carbons (Fsp3) is 0.222. The fourth-order valence-corrected chi connectivity index (χ4v) is 0.941. The van der Waals surface area contributed by atoms with Crippen molar-refractivity contribution in [3.05, 3.63) is 29.3 Å². The predicted octanol–water partition coefficient (Wildman–Crippen LogP) is 1.06. The number of aliphatic hydroxyl groups is 1. The predicted molar refractivity (Wildman–Crippen MR) is 43.6 cm³/mol. The molecule has 0 heterocycles. The number of nitrogens with zero attached hydrogens (tertiary/aromatic N) is 1. The van der Waals surface area contributed by atoms with Crippen molar-refractivity contribution in [3.8, 4) is 11.8 Å². The third-order valence-electron chi connectivity index (χ3n) is 1.57. The van der Waals surface area contributed by atoms with Gasteiger partial charge in [0.05, 0.1) is 19.3 Å². The molecule has 0 aromatic heterocycles. The van der Waals surface area contributed by atoms with Crippen molar-refractivity contribution in [2.24, 2.45) is 0 Å². The maximum absolute atomic E-state index is 8.77. The summed E-state index contributed by atoms with van der Waals surface area (Å²) in [5.74, 6) is 0.537. The van der Waals surface area contributed by atoms with Crippen molar-refractivity contribution in [2.45, 2.75) is 6.61 Å². The average Bonchev–Trinajstić information content (AvgIpc) is 2.16. The fourth-order valence-electron chi connectivity index (χ4n) is 0.941. The summed E-state index contributed by atoms with van der Waals surface area (Å²) in [5, 5.41) is 17.4. The van der Waals surface area contributed by atoms with Crippen LogP contribution in [-0.2, 0) is 6.61 Å².